The van der Waals surface area contributed by atoms with Crippen LogP contribution >= 0.6 is 0 Å². The molecule has 1 saturated heterocycles. The maximum Gasteiger partial charge on any atom is 0.260 e. The van der Waals surface area contributed by atoms with E-state index < -0.39 is 0 Å². The third-order valence-electron chi connectivity index (χ3n) is 6.11. The molecule has 2 aliphatic rings. The highest BCUT2D eigenvalue weighted by molar-refractivity contribution is 5.84. The Bertz CT molecular complexity index is 1060. The highest BCUT2D eigenvalue weighted by atomic mass is 16.5. The number of ether oxygens (including phenoxy) is 2. The van der Waals surface area contributed by atoms with Gasteiger partial charge in [0.2, 0.25) is 0 Å². The molecule has 1 amide bonds. The summed E-state index contributed by atoms with van der Waals surface area (Å²) in [4.78, 5) is 16.1. The Morgan fingerprint density at radius 2 is 1.83 bits per heavy atom. The zero-order valence-corrected chi connectivity index (χ0v) is 17.1. The second-order valence-corrected chi connectivity index (χ2v) is 8.15. The number of piperazine rings is 1. The molecule has 154 valence electrons. The zero-order valence-electron chi connectivity index (χ0n) is 17.1. The fourth-order valence-electron chi connectivity index (χ4n) is 4.38. The van der Waals surface area contributed by atoms with E-state index in [1.165, 1.54) is 21.4 Å². The predicted molar refractivity (Wildman–Crippen MR) is 116 cm³/mol. The lowest BCUT2D eigenvalue weighted by Gasteiger charge is -2.32. The molecular weight excluding hydrogens is 376 g/mol. The number of quaternary nitrogens is 1. The quantitative estimate of drug-likeness (QED) is 0.709. The van der Waals surface area contributed by atoms with E-state index in [-0.39, 0.29) is 12.5 Å². The minimum Gasteiger partial charge on any atom is -0.493 e. The Balaban J connectivity index is 1.11. The van der Waals surface area contributed by atoms with Crippen molar-refractivity contribution in [1.29, 1.82) is 0 Å². The number of amides is 1. The molecule has 0 aromatic heterocycles. The van der Waals surface area contributed by atoms with Gasteiger partial charge in [-0.3, -0.25) is 4.79 Å². The Morgan fingerprint density at radius 3 is 2.70 bits per heavy atom. The monoisotopic (exact) mass is 403 g/mol. The number of benzene rings is 3. The van der Waals surface area contributed by atoms with E-state index in [1.807, 2.05) is 35.2 Å². The van der Waals surface area contributed by atoms with Gasteiger partial charge < -0.3 is 19.3 Å². The summed E-state index contributed by atoms with van der Waals surface area (Å²) in [5.41, 5.74) is 2.68. The molecule has 0 radical (unpaired) electrons. The van der Waals surface area contributed by atoms with Crippen LogP contribution in [0.1, 0.15) is 11.1 Å². The van der Waals surface area contributed by atoms with Gasteiger partial charge in [0, 0.05) is 12.0 Å². The van der Waals surface area contributed by atoms with Crippen LogP contribution in [0.5, 0.6) is 11.5 Å². The molecule has 5 rings (SSSR count). The number of carbonyl (C=O) groups is 1. The van der Waals surface area contributed by atoms with Crippen LogP contribution in [0.3, 0.4) is 0 Å². The third-order valence-corrected chi connectivity index (χ3v) is 6.11. The van der Waals surface area contributed by atoms with E-state index in [0.29, 0.717) is 0 Å². The molecule has 0 aliphatic carbocycles. The van der Waals surface area contributed by atoms with Crippen molar-refractivity contribution in [3.63, 3.8) is 0 Å². The van der Waals surface area contributed by atoms with Gasteiger partial charge in [-0.1, -0.05) is 30.3 Å². The third kappa shape index (κ3) is 4.12. The van der Waals surface area contributed by atoms with Crippen molar-refractivity contribution in [2.45, 2.75) is 13.0 Å². The fourth-order valence-corrected chi connectivity index (χ4v) is 4.38. The summed E-state index contributed by atoms with van der Waals surface area (Å²) in [7, 11) is 0. The van der Waals surface area contributed by atoms with Crippen LogP contribution in [-0.4, -0.2) is 50.2 Å². The summed E-state index contributed by atoms with van der Waals surface area (Å²) < 4.78 is 11.4. The molecule has 2 heterocycles. The largest absolute Gasteiger partial charge is 0.493 e. The smallest absolute Gasteiger partial charge is 0.260 e. The average molecular weight is 404 g/mol. The molecule has 1 fully saturated rings. The predicted octanol–water partition coefficient (Wildman–Crippen LogP) is 2.08. The molecular formula is C25H27N2O3+. The maximum atomic E-state index is 12.6. The van der Waals surface area contributed by atoms with Gasteiger partial charge in [-0.15, -0.1) is 0 Å². The molecule has 0 saturated carbocycles. The number of nitrogens with zero attached hydrogens (tertiary/aromatic N) is 1. The summed E-state index contributed by atoms with van der Waals surface area (Å²) in [6.45, 7) is 5.40. The Morgan fingerprint density at radius 1 is 1.00 bits per heavy atom. The second kappa shape index (κ2) is 8.36. The van der Waals surface area contributed by atoms with Gasteiger partial charge >= 0.3 is 0 Å². The van der Waals surface area contributed by atoms with Crippen LogP contribution in [-0.2, 0) is 17.8 Å². The Kier molecular flexibility index (Phi) is 5.28. The molecule has 0 atom stereocenters. The molecule has 5 nitrogen and oxygen atoms in total. The summed E-state index contributed by atoms with van der Waals surface area (Å²) in [5.74, 6) is 1.85. The first-order valence-corrected chi connectivity index (χ1v) is 10.7. The van der Waals surface area contributed by atoms with Crippen molar-refractivity contribution in [2.24, 2.45) is 0 Å². The van der Waals surface area contributed by atoms with E-state index in [2.05, 4.69) is 30.3 Å². The van der Waals surface area contributed by atoms with E-state index >= 15 is 0 Å². The van der Waals surface area contributed by atoms with Crippen molar-refractivity contribution < 1.29 is 19.2 Å². The number of hydrogen-bond donors (Lipinski definition) is 1. The number of fused-ring (bicyclic) bond motifs is 2. The lowest BCUT2D eigenvalue weighted by molar-refractivity contribution is -0.917. The summed E-state index contributed by atoms with van der Waals surface area (Å²) in [5, 5.41) is 2.30. The lowest BCUT2D eigenvalue weighted by atomic mass is 10.1. The van der Waals surface area contributed by atoms with E-state index in [4.69, 9.17) is 9.47 Å². The van der Waals surface area contributed by atoms with Crippen molar-refractivity contribution in [1.82, 2.24) is 4.90 Å². The van der Waals surface area contributed by atoms with E-state index in [0.717, 1.165) is 62.6 Å². The molecule has 0 unspecified atom stereocenters. The number of hydrogen-bond acceptors (Lipinski definition) is 3. The molecule has 2 aliphatic heterocycles. The molecule has 0 bridgehead atoms. The van der Waals surface area contributed by atoms with Gasteiger partial charge in [-0.2, -0.15) is 0 Å². The standard InChI is InChI=1S/C25H26N2O3/c28-25(18-30-23-7-6-20-3-1-2-4-21(20)16-23)27-12-10-26(11-13-27)17-19-5-8-24-22(15-19)9-14-29-24/h1-8,15-16H,9-14,17-18H2/p+1. The van der Waals surface area contributed by atoms with Gasteiger partial charge in [0.15, 0.2) is 6.61 Å². The van der Waals surface area contributed by atoms with Gasteiger partial charge in [0.1, 0.15) is 18.0 Å². The van der Waals surface area contributed by atoms with Crippen molar-refractivity contribution in [3.8, 4) is 11.5 Å². The molecule has 1 N–H and O–H groups in total. The SMILES string of the molecule is O=C(COc1ccc2ccccc2c1)N1CC[NH+](Cc2ccc3c(c2)CCO3)CC1. The van der Waals surface area contributed by atoms with Gasteiger partial charge in [-0.25, -0.2) is 0 Å². The summed E-state index contributed by atoms with van der Waals surface area (Å²) in [6, 6.07) is 20.7. The van der Waals surface area contributed by atoms with E-state index in [1.54, 1.807) is 0 Å². The van der Waals surface area contributed by atoms with Crippen LogP contribution in [0.2, 0.25) is 0 Å². The number of carbonyl (C=O) groups excluding carboxylic acids is 1. The summed E-state index contributed by atoms with van der Waals surface area (Å²) in [6.07, 6.45) is 1.01. The van der Waals surface area contributed by atoms with Gasteiger partial charge in [-0.05, 0) is 46.7 Å². The van der Waals surface area contributed by atoms with Crippen molar-refractivity contribution in [3.05, 3.63) is 71.8 Å². The van der Waals surface area contributed by atoms with Crippen LogP contribution < -0.4 is 14.4 Å². The minimum absolute atomic E-state index is 0.0666. The number of rotatable bonds is 5. The van der Waals surface area contributed by atoms with Crippen LogP contribution in [0, 0.1) is 0 Å². The maximum absolute atomic E-state index is 12.6. The molecule has 0 spiro atoms. The minimum atomic E-state index is 0.0666. The van der Waals surface area contributed by atoms with Crippen molar-refractivity contribution >= 4 is 16.7 Å². The highest BCUT2D eigenvalue weighted by Gasteiger charge is 2.24. The average Bonchev–Trinajstić information content (AvgIpc) is 3.26. The lowest BCUT2D eigenvalue weighted by Crippen LogP contribution is -3.13. The van der Waals surface area contributed by atoms with Crippen LogP contribution in [0.4, 0.5) is 0 Å². The van der Waals surface area contributed by atoms with E-state index in [9.17, 15) is 4.79 Å². The summed E-state index contributed by atoms with van der Waals surface area (Å²) >= 11 is 0. The molecule has 3 aromatic rings. The Labute approximate surface area is 176 Å². The molecule has 5 heteroatoms. The molecule has 30 heavy (non-hydrogen) atoms. The Hall–Kier alpha value is -3.05. The zero-order chi connectivity index (χ0) is 20.3. The van der Waals surface area contributed by atoms with Gasteiger partial charge in [0.25, 0.3) is 5.91 Å². The highest BCUT2D eigenvalue weighted by Crippen LogP contribution is 2.25. The number of nitrogens with one attached hydrogen (secondary N) is 1. The normalized spacial score (nSPS) is 16.3. The van der Waals surface area contributed by atoms with Crippen LogP contribution in [0.15, 0.2) is 60.7 Å². The van der Waals surface area contributed by atoms with Crippen LogP contribution in [0.25, 0.3) is 10.8 Å². The first kappa shape index (κ1) is 18.9. The first-order valence-electron chi connectivity index (χ1n) is 10.7. The topological polar surface area (TPSA) is 43.2 Å². The second-order valence-electron chi connectivity index (χ2n) is 8.15. The molecule has 3 aromatic carbocycles. The first-order chi connectivity index (χ1) is 14.7. The van der Waals surface area contributed by atoms with Crippen molar-refractivity contribution in [2.75, 3.05) is 39.4 Å². The van der Waals surface area contributed by atoms with Gasteiger partial charge in [0.05, 0.1) is 32.8 Å². The fraction of sp³-hybridized carbons (Fsp3) is 0.320.